The highest BCUT2D eigenvalue weighted by molar-refractivity contribution is 5.99. The number of benzene rings is 1. The molecule has 2 aromatic rings. The number of allylic oxidation sites excluding steroid dienone is 1. The van der Waals surface area contributed by atoms with Crippen LogP contribution in [0.1, 0.15) is 20.8 Å². The van der Waals surface area contributed by atoms with Crippen LogP contribution in [0.15, 0.2) is 63.5 Å². The Morgan fingerprint density at radius 2 is 1.92 bits per heavy atom. The van der Waals surface area contributed by atoms with Gasteiger partial charge in [0.05, 0.1) is 0 Å². The topological polar surface area (TPSA) is 65.7 Å². The SMILES string of the molecule is C[C@@H](/C=C/C1=CC(=O)C(C)(C)O1)Oc1ccc2ccc(=O)oc2c1. The molecule has 0 spiro atoms. The molecule has 1 aromatic carbocycles. The fourth-order valence-corrected chi connectivity index (χ4v) is 2.36. The van der Waals surface area contributed by atoms with Gasteiger partial charge < -0.3 is 13.9 Å². The Morgan fingerprint density at radius 1 is 1.17 bits per heavy atom. The molecule has 0 fully saturated rings. The average molecular weight is 326 g/mol. The molecule has 0 saturated carbocycles. The number of fused-ring (bicyclic) bond motifs is 1. The van der Waals surface area contributed by atoms with Crippen molar-refractivity contribution < 1.29 is 18.7 Å². The zero-order valence-corrected chi connectivity index (χ0v) is 13.7. The summed E-state index contributed by atoms with van der Waals surface area (Å²) in [6, 6.07) is 8.40. The van der Waals surface area contributed by atoms with Crippen LogP contribution in [0.5, 0.6) is 5.75 Å². The minimum absolute atomic E-state index is 0.0553. The monoisotopic (exact) mass is 326 g/mol. The fraction of sp³-hybridized carbons (Fsp3) is 0.263. The van der Waals surface area contributed by atoms with Crippen molar-refractivity contribution in [3.8, 4) is 5.75 Å². The molecule has 0 unspecified atom stereocenters. The molecule has 1 aromatic heterocycles. The minimum atomic E-state index is -0.806. The first-order valence-electron chi connectivity index (χ1n) is 7.67. The van der Waals surface area contributed by atoms with E-state index in [0.29, 0.717) is 17.1 Å². The lowest BCUT2D eigenvalue weighted by Crippen LogP contribution is -2.27. The van der Waals surface area contributed by atoms with Gasteiger partial charge in [0, 0.05) is 23.6 Å². The van der Waals surface area contributed by atoms with Crippen molar-refractivity contribution in [2.75, 3.05) is 0 Å². The molecular weight excluding hydrogens is 308 g/mol. The van der Waals surface area contributed by atoms with Gasteiger partial charge in [0.15, 0.2) is 5.60 Å². The molecule has 0 radical (unpaired) electrons. The number of hydrogen-bond donors (Lipinski definition) is 0. The largest absolute Gasteiger partial charge is 0.487 e. The molecule has 124 valence electrons. The van der Waals surface area contributed by atoms with E-state index < -0.39 is 11.2 Å². The summed E-state index contributed by atoms with van der Waals surface area (Å²) in [6.07, 6.45) is 4.75. The van der Waals surface area contributed by atoms with E-state index in [-0.39, 0.29) is 11.9 Å². The summed E-state index contributed by atoms with van der Waals surface area (Å²) in [4.78, 5) is 23.0. The maximum Gasteiger partial charge on any atom is 0.336 e. The van der Waals surface area contributed by atoms with Gasteiger partial charge in [0.1, 0.15) is 23.2 Å². The van der Waals surface area contributed by atoms with Crippen LogP contribution in [0, 0.1) is 0 Å². The normalized spacial score (nSPS) is 17.8. The molecule has 24 heavy (non-hydrogen) atoms. The van der Waals surface area contributed by atoms with E-state index in [1.807, 2.05) is 19.1 Å². The van der Waals surface area contributed by atoms with Crippen molar-refractivity contribution >= 4 is 16.8 Å². The van der Waals surface area contributed by atoms with Gasteiger partial charge in [0.2, 0.25) is 5.78 Å². The van der Waals surface area contributed by atoms with Crippen molar-refractivity contribution in [1.29, 1.82) is 0 Å². The molecular formula is C19H18O5. The van der Waals surface area contributed by atoms with Crippen LogP contribution in [0.25, 0.3) is 11.0 Å². The van der Waals surface area contributed by atoms with Gasteiger partial charge in [-0.1, -0.05) is 0 Å². The molecule has 0 amide bonds. The Bertz CT molecular complexity index is 901. The molecule has 2 heterocycles. The first kappa shape index (κ1) is 16.1. The Kier molecular flexibility index (Phi) is 4.01. The Labute approximate surface area is 139 Å². The number of ketones is 1. The third kappa shape index (κ3) is 3.40. The predicted molar refractivity (Wildman–Crippen MR) is 90.0 cm³/mol. The van der Waals surface area contributed by atoms with Gasteiger partial charge in [0.25, 0.3) is 0 Å². The maximum atomic E-state index is 11.7. The molecule has 3 rings (SSSR count). The van der Waals surface area contributed by atoms with Crippen LogP contribution >= 0.6 is 0 Å². The van der Waals surface area contributed by atoms with Crippen molar-refractivity contribution in [1.82, 2.24) is 0 Å². The van der Waals surface area contributed by atoms with Crippen molar-refractivity contribution in [3.63, 3.8) is 0 Å². The number of ether oxygens (including phenoxy) is 2. The highest BCUT2D eigenvalue weighted by Gasteiger charge is 2.34. The van der Waals surface area contributed by atoms with Gasteiger partial charge in [-0.25, -0.2) is 4.79 Å². The van der Waals surface area contributed by atoms with Gasteiger partial charge in [-0.15, -0.1) is 0 Å². The van der Waals surface area contributed by atoms with Crippen molar-refractivity contribution in [2.45, 2.75) is 32.5 Å². The van der Waals surface area contributed by atoms with E-state index in [9.17, 15) is 9.59 Å². The van der Waals surface area contributed by atoms with E-state index in [4.69, 9.17) is 13.9 Å². The molecule has 1 aliphatic heterocycles. The van der Waals surface area contributed by atoms with Crippen LogP contribution in [0.4, 0.5) is 0 Å². The number of carbonyl (C=O) groups excluding carboxylic acids is 1. The number of carbonyl (C=O) groups is 1. The summed E-state index contributed by atoms with van der Waals surface area (Å²) in [5.41, 5.74) is -0.727. The van der Waals surface area contributed by atoms with Crippen molar-refractivity contribution in [3.05, 3.63) is 64.7 Å². The Balaban J connectivity index is 1.70. The molecule has 0 bridgehead atoms. The smallest absolute Gasteiger partial charge is 0.336 e. The average Bonchev–Trinajstić information content (AvgIpc) is 2.77. The van der Waals surface area contributed by atoms with Crippen LogP contribution in [0.2, 0.25) is 0 Å². The summed E-state index contributed by atoms with van der Waals surface area (Å²) in [5, 5.41) is 0.829. The van der Waals surface area contributed by atoms with E-state index in [0.717, 1.165) is 5.39 Å². The quantitative estimate of drug-likeness (QED) is 0.806. The molecule has 1 atom stereocenters. The second-order valence-corrected chi connectivity index (χ2v) is 6.16. The van der Waals surface area contributed by atoms with E-state index in [1.54, 1.807) is 38.1 Å². The third-order valence-electron chi connectivity index (χ3n) is 3.69. The summed E-state index contributed by atoms with van der Waals surface area (Å²) in [7, 11) is 0. The minimum Gasteiger partial charge on any atom is -0.487 e. The fourth-order valence-electron chi connectivity index (χ4n) is 2.36. The second kappa shape index (κ2) is 6.00. The number of hydrogen-bond acceptors (Lipinski definition) is 5. The van der Waals surface area contributed by atoms with E-state index in [2.05, 4.69) is 0 Å². The van der Waals surface area contributed by atoms with Crippen molar-refractivity contribution in [2.24, 2.45) is 0 Å². The number of rotatable bonds is 4. The summed E-state index contributed by atoms with van der Waals surface area (Å²) >= 11 is 0. The van der Waals surface area contributed by atoms with Crippen LogP contribution in [-0.4, -0.2) is 17.5 Å². The van der Waals surface area contributed by atoms with Crippen LogP contribution < -0.4 is 10.4 Å². The Morgan fingerprint density at radius 3 is 2.62 bits per heavy atom. The first-order valence-corrected chi connectivity index (χ1v) is 7.67. The summed E-state index contributed by atoms with van der Waals surface area (Å²) in [6.45, 7) is 5.33. The predicted octanol–water partition coefficient (Wildman–Crippen LogP) is 3.38. The zero-order chi connectivity index (χ0) is 17.3. The molecule has 1 aliphatic rings. The highest BCUT2D eigenvalue weighted by atomic mass is 16.5. The van der Waals surface area contributed by atoms with Gasteiger partial charge >= 0.3 is 5.63 Å². The molecule has 0 aliphatic carbocycles. The molecule has 5 nitrogen and oxygen atoms in total. The molecule has 5 heteroatoms. The van der Waals surface area contributed by atoms with E-state index in [1.165, 1.54) is 12.1 Å². The maximum absolute atomic E-state index is 11.7. The zero-order valence-electron chi connectivity index (χ0n) is 13.7. The van der Waals surface area contributed by atoms with Gasteiger partial charge in [-0.3, -0.25) is 4.79 Å². The Hall–Kier alpha value is -2.82. The molecule has 0 N–H and O–H groups in total. The first-order chi connectivity index (χ1) is 11.3. The third-order valence-corrected chi connectivity index (χ3v) is 3.69. The van der Waals surface area contributed by atoms with Gasteiger partial charge in [-0.05, 0) is 51.1 Å². The summed E-state index contributed by atoms with van der Waals surface area (Å²) < 4.78 is 16.5. The second-order valence-electron chi connectivity index (χ2n) is 6.16. The standard InChI is InChI=1S/C19H18O5/c1-12(4-7-15-11-17(20)19(2,3)24-15)22-14-8-5-13-6-9-18(21)23-16(13)10-14/h4-12H,1-3H3/b7-4+/t12-/m0/s1. The lowest BCUT2D eigenvalue weighted by atomic mass is 10.1. The summed E-state index contributed by atoms with van der Waals surface area (Å²) in [5.74, 6) is 1.05. The van der Waals surface area contributed by atoms with Crippen LogP contribution in [0.3, 0.4) is 0 Å². The van der Waals surface area contributed by atoms with Crippen LogP contribution in [-0.2, 0) is 9.53 Å². The van der Waals surface area contributed by atoms with E-state index >= 15 is 0 Å². The van der Waals surface area contributed by atoms with Gasteiger partial charge in [-0.2, -0.15) is 0 Å². The molecule has 0 saturated heterocycles. The highest BCUT2D eigenvalue weighted by Crippen LogP contribution is 2.25. The lowest BCUT2D eigenvalue weighted by Gasteiger charge is -2.17. The lowest BCUT2D eigenvalue weighted by molar-refractivity contribution is -0.126.